The summed E-state index contributed by atoms with van der Waals surface area (Å²) < 4.78 is 1.64. The first-order valence-corrected chi connectivity index (χ1v) is 8.51. The number of hydrogen-bond donors (Lipinski definition) is 1. The first-order chi connectivity index (χ1) is 11.0. The lowest BCUT2D eigenvalue weighted by atomic mass is 10.2. The van der Waals surface area contributed by atoms with Gasteiger partial charge in [-0.25, -0.2) is 4.68 Å². The van der Waals surface area contributed by atoms with Gasteiger partial charge in [0.1, 0.15) is 11.4 Å². The van der Waals surface area contributed by atoms with Crippen LogP contribution in [0.2, 0.25) is 5.02 Å². The average Bonchev–Trinajstić information content (AvgIpc) is 3.16. The number of rotatable bonds is 4. The van der Waals surface area contributed by atoms with Crippen LogP contribution in [-0.2, 0) is 0 Å². The lowest BCUT2D eigenvalue weighted by molar-refractivity contribution is 0.0935. The van der Waals surface area contributed by atoms with E-state index >= 15 is 0 Å². The normalized spacial score (nSPS) is 11.0. The van der Waals surface area contributed by atoms with Gasteiger partial charge in [-0.1, -0.05) is 23.7 Å². The number of halogens is 1. The molecule has 0 saturated carbocycles. The third-order valence-corrected chi connectivity index (χ3v) is 4.32. The molecule has 0 atom stereocenters. The quantitative estimate of drug-likeness (QED) is 0.762. The number of thiophene rings is 1. The molecule has 2 heterocycles. The number of carbonyl (C=O) groups excluding carboxylic acids is 1. The van der Waals surface area contributed by atoms with Gasteiger partial charge in [-0.15, -0.1) is 11.3 Å². The topological polar surface area (TPSA) is 46.9 Å². The molecule has 0 aliphatic rings. The van der Waals surface area contributed by atoms with Crippen LogP contribution in [-0.4, -0.2) is 21.7 Å². The second kappa shape index (κ2) is 6.56. The highest BCUT2D eigenvalue weighted by Crippen LogP contribution is 2.26. The van der Waals surface area contributed by atoms with Gasteiger partial charge < -0.3 is 5.32 Å². The van der Waals surface area contributed by atoms with Crippen molar-refractivity contribution in [3.8, 4) is 16.3 Å². The minimum atomic E-state index is -0.157. The highest BCUT2D eigenvalue weighted by atomic mass is 35.5. The molecule has 6 heteroatoms. The molecule has 0 saturated heterocycles. The number of carbonyl (C=O) groups is 1. The zero-order valence-electron chi connectivity index (χ0n) is 12.8. The van der Waals surface area contributed by atoms with Gasteiger partial charge in [0.25, 0.3) is 5.91 Å². The molecule has 3 rings (SSSR count). The standard InChI is InChI=1S/C17H16ClN3OS/c1-11(2)19-17(22)15-10-14(16-7-4-8-23-16)20-21(15)13-6-3-5-12(18)9-13/h3-11H,1-2H3,(H,19,22). The van der Waals surface area contributed by atoms with E-state index in [1.54, 1.807) is 28.2 Å². The Balaban J connectivity index is 2.10. The summed E-state index contributed by atoms with van der Waals surface area (Å²) >= 11 is 7.67. The molecule has 1 amide bonds. The molecule has 2 aromatic heterocycles. The third-order valence-electron chi connectivity index (χ3n) is 3.19. The maximum atomic E-state index is 12.5. The van der Waals surface area contributed by atoms with E-state index in [0.717, 1.165) is 16.3 Å². The van der Waals surface area contributed by atoms with E-state index in [2.05, 4.69) is 10.4 Å². The summed E-state index contributed by atoms with van der Waals surface area (Å²) in [4.78, 5) is 13.5. The van der Waals surface area contributed by atoms with Crippen LogP contribution in [0, 0.1) is 0 Å². The Kier molecular flexibility index (Phi) is 4.50. The first kappa shape index (κ1) is 15.8. The SMILES string of the molecule is CC(C)NC(=O)c1cc(-c2cccs2)nn1-c1cccc(Cl)c1. The van der Waals surface area contributed by atoms with Crippen molar-refractivity contribution in [2.24, 2.45) is 0 Å². The van der Waals surface area contributed by atoms with Gasteiger partial charge in [0.05, 0.1) is 10.6 Å². The number of nitrogens with zero attached hydrogens (tertiary/aromatic N) is 2. The average molecular weight is 346 g/mol. The van der Waals surface area contributed by atoms with E-state index in [0.29, 0.717) is 10.7 Å². The molecule has 1 aromatic carbocycles. The Hall–Kier alpha value is -2.11. The molecule has 3 aromatic rings. The van der Waals surface area contributed by atoms with E-state index in [4.69, 9.17) is 11.6 Å². The first-order valence-electron chi connectivity index (χ1n) is 7.25. The zero-order valence-corrected chi connectivity index (χ0v) is 14.4. The Morgan fingerprint density at radius 3 is 2.74 bits per heavy atom. The summed E-state index contributed by atoms with van der Waals surface area (Å²) in [5.74, 6) is -0.157. The highest BCUT2D eigenvalue weighted by Gasteiger charge is 2.18. The van der Waals surface area contributed by atoms with Crippen LogP contribution in [0.25, 0.3) is 16.3 Å². The van der Waals surface area contributed by atoms with Crippen molar-refractivity contribution in [3.05, 3.63) is 58.6 Å². The van der Waals surface area contributed by atoms with Crippen molar-refractivity contribution in [2.75, 3.05) is 0 Å². The van der Waals surface area contributed by atoms with Crippen LogP contribution in [0.1, 0.15) is 24.3 Å². The van der Waals surface area contributed by atoms with Crippen LogP contribution in [0.3, 0.4) is 0 Å². The molecule has 0 unspecified atom stereocenters. The second-order valence-corrected chi connectivity index (χ2v) is 6.80. The van der Waals surface area contributed by atoms with Crippen molar-refractivity contribution >= 4 is 28.8 Å². The van der Waals surface area contributed by atoms with E-state index in [9.17, 15) is 4.79 Å². The van der Waals surface area contributed by atoms with Gasteiger partial charge in [0, 0.05) is 11.1 Å². The molecular formula is C17H16ClN3OS. The fraction of sp³-hybridized carbons (Fsp3) is 0.176. The molecular weight excluding hydrogens is 330 g/mol. The largest absolute Gasteiger partial charge is 0.349 e. The summed E-state index contributed by atoms with van der Waals surface area (Å²) in [6.07, 6.45) is 0. The predicted molar refractivity (Wildman–Crippen MR) is 94.5 cm³/mol. The predicted octanol–water partition coefficient (Wildman–Crippen LogP) is 4.39. The van der Waals surface area contributed by atoms with Gasteiger partial charge in [-0.3, -0.25) is 4.79 Å². The van der Waals surface area contributed by atoms with Crippen LogP contribution in [0.5, 0.6) is 0 Å². The van der Waals surface area contributed by atoms with Crippen LogP contribution in [0.15, 0.2) is 47.8 Å². The van der Waals surface area contributed by atoms with Crippen molar-refractivity contribution in [1.29, 1.82) is 0 Å². The lowest BCUT2D eigenvalue weighted by Gasteiger charge is -2.10. The van der Waals surface area contributed by atoms with Gasteiger partial charge in [-0.05, 0) is 49.6 Å². The maximum Gasteiger partial charge on any atom is 0.270 e. The maximum absolute atomic E-state index is 12.5. The molecule has 118 valence electrons. The van der Waals surface area contributed by atoms with Crippen LogP contribution in [0.4, 0.5) is 0 Å². The number of hydrogen-bond acceptors (Lipinski definition) is 3. The summed E-state index contributed by atoms with van der Waals surface area (Å²) in [7, 11) is 0. The van der Waals surface area contributed by atoms with Gasteiger partial charge in [-0.2, -0.15) is 5.10 Å². The van der Waals surface area contributed by atoms with Crippen molar-refractivity contribution in [2.45, 2.75) is 19.9 Å². The molecule has 4 nitrogen and oxygen atoms in total. The van der Waals surface area contributed by atoms with E-state index < -0.39 is 0 Å². The third kappa shape index (κ3) is 3.46. The summed E-state index contributed by atoms with van der Waals surface area (Å²) in [6.45, 7) is 3.86. The van der Waals surface area contributed by atoms with E-state index in [1.807, 2.05) is 49.6 Å². The number of nitrogens with one attached hydrogen (secondary N) is 1. The molecule has 0 bridgehead atoms. The highest BCUT2D eigenvalue weighted by molar-refractivity contribution is 7.13. The van der Waals surface area contributed by atoms with Crippen molar-refractivity contribution < 1.29 is 4.79 Å². The molecule has 0 spiro atoms. The van der Waals surface area contributed by atoms with Gasteiger partial charge in [0.2, 0.25) is 0 Å². The van der Waals surface area contributed by atoms with Crippen molar-refractivity contribution in [1.82, 2.24) is 15.1 Å². The number of aromatic nitrogens is 2. The summed E-state index contributed by atoms with van der Waals surface area (Å²) in [6, 6.07) is 13.1. The molecule has 0 aliphatic carbocycles. The molecule has 0 fully saturated rings. The van der Waals surface area contributed by atoms with Gasteiger partial charge in [0.15, 0.2) is 0 Å². The Morgan fingerprint density at radius 2 is 2.09 bits per heavy atom. The fourth-order valence-electron chi connectivity index (χ4n) is 2.23. The monoisotopic (exact) mass is 345 g/mol. The molecule has 1 N–H and O–H groups in total. The van der Waals surface area contributed by atoms with Crippen LogP contribution < -0.4 is 5.32 Å². The number of benzene rings is 1. The summed E-state index contributed by atoms with van der Waals surface area (Å²) in [5.41, 5.74) is 2.02. The molecule has 0 aliphatic heterocycles. The number of amides is 1. The zero-order chi connectivity index (χ0) is 16.4. The molecule has 0 radical (unpaired) electrons. The minimum Gasteiger partial charge on any atom is -0.349 e. The Morgan fingerprint density at radius 1 is 1.26 bits per heavy atom. The smallest absolute Gasteiger partial charge is 0.270 e. The Bertz CT molecular complexity index is 824. The lowest BCUT2D eigenvalue weighted by Crippen LogP contribution is -2.31. The van der Waals surface area contributed by atoms with Gasteiger partial charge >= 0.3 is 0 Å². The van der Waals surface area contributed by atoms with E-state index in [-0.39, 0.29) is 11.9 Å². The Labute approximate surface area is 143 Å². The second-order valence-electron chi connectivity index (χ2n) is 5.41. The minimum absolute atomic E-state index is 0.0513. The van der Waals surface area contributed by atoms with Crippen molar-refractivity contribution in [3.63, 3.8) is 0 Å². The molecule has 23 heavy (non-hydrogen) atoms. The summed E-state index contributed by atoms with van der Waals surface area (Å²) in [5, 5.41) is 10.1. The fourth-order valence-corrected chi connectivity index (χ4v) is 3.09. The van der Waals surface area contributed by atoms with E-state index in [1.165, 1.54) is 0 Å². The van der Waals surface area contributed by atoms with Crippen LogP contribution >= 0.6 is 22.9 Å².